The van der Waals surface area contributed by atoms with E-state index in [4.69, 9.17) is 9.84 Å². The van der Waals surface area contributed by atoms with E-state index in [9.17, 15) is 20.0 Å². The Morgan fingerprint density at radius 1 is 1.37 bits per heavy atom. The van der Waals surface area contributed by atoms with E-state index in [1.807, 2.05) is 0 Å². The van der Waals surface area contributed by atoms with Crippen LogP contribution < -0.4 is 15.4 Å². The fourth-order valence-corrected chi connectivity index (χ4v) is 3.04. The second-order valence-electron chi connectivity index (χ2n) is 6.13. The molecule has 1 aromatic carbocycles. The molecule has 4 N–H and O–H groups in total. The van der Waals surface area contributed by atoms with Gasteiger partial charge in [0.15, 0.2) is 0 Å². The maximum absolute atomic E-state index is 11.2. The number of benzene rings is 1. The van der Waals surface area contributed by atoms with Crippen molar-refractivity contribution >= 4 is 23.2 Å². The number of carboxylic acid groups (broad SMARTS) is 1. The van der Waals surface area contributed by atoms with Crippen molar-refractivity contribution in [2.24, 2.45) is 0 Å². The summed E-state index contributed by atoms with van der Waals surface area (Å²) >= 11 is 0. The Bertz CT molecular complexity index is 888. The fraction of sp³-hybridized carbons (Fsp3) is 0.294. The van der Waals surface area contributed by atoms with Gasteiger partial charge in [0.2, 0.25) is 0 Å². The molecule has 142 valence electrons. The summed E-state index contributed by atoms with van der Waals surface area (Å²) in [6.45, 7) is 0. The predicted octanol–water partition coefficient (Wildman–Crippen LogP) is 1.84. The number of amides is 1. The number of fused-ring (bicyclic) bond motifs is 1. The van der Waals surface area contributed by atoms with Gasteiger partial charge in [0.25, 0.3) is 5.69 Å². The molecule has 2 aromatic rings. The van der Waals surface area contributed by atoms with Crippen molar-refractivity contribution in [1.29, 1.82) is 0 Å². The zero-order valence-corrected chi connectivity index (χ0v) is 14.4. The van der Waals surface area contributed by atoms with Crippen LogP contribution in [0.3, 0.4) is 0 Å². The van der Waals surface area contributed by atoms with Gasteiger partial charge in [-0.2, -0.15) is 0 Å². The molecule has 1 aromatic heterocycles. The molecule has 10 heteroatoms. The van der Waals surface area contributed by atoms with Crippen molar-refractivity contribution in [3.8, 4) is 5.75 Å². The van der Waals surface area contributed by atoms with Crippen molar-refractivity contribution in [3.05, 3.63) is 51.8 Å². The largest absolute Gasteiger partial charge is 0.497 e. The Labute approximate surface area is 154 Å². The minimum absolute atomic E-state index is 0.112. The molecule has 0 saturated heterocycles. The van der Waals surface area contributed by atoms with Crippen molar-refractivity contribution in [2.75, 3.05) is 12.4 Å². The maximum Gasteiger partial charge on any atom is 0.404 e. The first-order chi connectivity index (χ1) is 12.9. The molecule has 1 aliphatic rings. The average Bonchev–Trinajstić information content (AvgIpc) is 2.61. The summed E-state index contributed by atoms with van der Waals surface area (Å²) < 4.78 is 5.11. The number of hydrogen-bond donors (Lipinski definition) is 4. The smallest absolute Gasteiger partial charge is 0.404 e. The molecule has 1 aliphatic carbocycles. The van der Waals surface area contributed by atoms with Gasteiger partial charge < -0.3 is 25.6 Å². The second-order valence-corrected chi connectivity index (χ2v) is 6.13. The Balaban J connectivity index is 1.86. The van der Waals surface area contributed by atoms with Gasteiger partial charge in [-0.1, -0.05) is 0 Å². The van der Waals surface area contributed by atoms with Crippen LogP contribution in [0.4, 0.5) is 21.9 Å². The number of nitro benzene ring substituents is 1. The minimum Gasteiger partial charge on any atom is -0.497 e. The molecule has 27 heavy (non-hydrogen) atoms. The highest BCUT2D eigenvalue weighted by Crippen LogP contribution is 2.32. The molecule has 0 saturated carbocycles. The van der Waals surface area contributed by atoms with Crippen molar-refractivity contribution < 1.29 is 24.7 Å². The molecule has 0 fully saturated rings. The van der Waals surface area contributed by atoms with Crippen LogP contribution in [0.2, 0.25) is 0 Å². The van der Waals surface area contributed by atoms with Crippen molar-refractivity contribution in [3.63, 3.8) is 0 Å². The summed E-state index contributed by atoms with van der Waals surface area (Å²) in [6.07, 6.45) is -0.0777. The van der Waals surface area contributed by atoms with E-state index in [0.29, 0.717) is 17.1 Å². The first-order valence-corrected chi connectivity index (χ1v) is 8.12. The van der Waals surface area contributed by atoms with Crippen LogP contribution in [0.15, 0.2) is 30.5 Å². The van der Waals surface area contributed by atoms with Crippen LogP contribution in [0.5, 0.6) is 5.75 Å². The molecular weight excluding hydrogens is 356 g/mol. The number of rotatable bonds is 5. The topological polar surface area (TPSA) is 147 Å². The van der Waals surface area contributed by atoms with E-state index >= 15 is 0 Å². The summed E-state index contributed by atoms with van der Waals surface area (Å²) in [6, 6.07) is 5.48. The fourth-order valence-electron chi connectivity index (χ4n) is 3.04. The number of nitrogens with zero attached hydrogens (tertiary/aromatic N) is 2. The third-order valence-electron chi connectivity index (χ3n) is 4.35. The number of aliphatic hydroxyl groups excluding tert-OH is 1. The third-order valence-corrected chi connectivity index (χ3v) is 4.35. The Morgan fingerprint density at radius 3 is 2.81 bits per heavy atom. The van der Waals surface area contributed by atoms with E-state index in [2.05, 4.69) is 15.6 Å². The van der Waals surface area contributed by atoms with Crippen LogP contribution in [-0.4, -0.2) is 45.5 Å². The lowest BCUT2D eigenvalue weighted by Gasteiger charge is -2.29. The number of nitro groups is 1. The number of aliphatic hydroxyl groups is 1. The Morgan fingerprint density at radius 2 is 2.15 bits per heavy atom. The van der Waals surface area contributed by atoms with Gasteiger partial charge in [0.05, 0.1) is 36.1 Å². The van der Waals surface area contributed by atoms with Gasteiger partial charge in [-0.15, -0.1) is 0 Å². The van der Waals surface area contributed by atoms with Gasteiger partial charge in [-0.3, -0.25) is 15.1 Å². The van der Waals surface area contributed by atoms with Crippen LogP contribution in [0.1, 0.15) is 11.3 Å². The lowest BCUT2D eigenvalue weighted by atomic mass is 9.89. The zero-order valence-electron chi connectivity index (χ0n) is 14.4. The number of methoxy groups -OCH3 is 1. The van der Waals surface area contributed by atoms with E-state index in [1.165, 1.54) is 31.5 Å². The zero-order chi connectivity index (χ0) is 19.6. The molecule has 0 spiro atoms. The van der Waals surface area contributed by atoms with Crippen molar-refractivity contribution in [1.82, 2.24) is 10.3 Å². The van der Waals surface area contributed by atoms with E-state index < -0.39 is 23.2 Å². The maximum atomic E-state index is 11.2. The summed E-state index contributed by atoms with van der Waals surface area (Å²) in [5.41, 5.74) is 2.08. The quantitative estimate of drug-likeness (QED) is 0.458. The summed E-state index contributed by atoms with van der Waals surface area (Å²) in [7, 11) is 1.47. The number of aromatic nitrogens is 1. The molecule has 0 aliphatic heterocycles. The third kappa shape index (κ3) is 4.06. The highest BCUT2D eigenvalue weighted by atomic mass is 16.6. The van der Waals surface area contributed by atoms with E-state index in [1.54, 1.807) is 6.07 Å². The Hall–Kier alpha value is -3.40. The Kier molecular flexibility index (Phi) is 5.08. The van der Waals surface area contributed by atoms with Crippen LogP contribution in [0.25, 0.3) is 0 Å². The standard InChI is InChI=1S/C17H18N4O6/c1-27-11-2-3-15(21(25)26)13(6-11)19-10-4-9-5-16(22)14(20-17(23)24)7-12(9)18-8-10/h2-4,6,8,14,16,19-20,22H,5,7H2,1H3,(H,23,24). The molecule has 2 atom stereocenters. The number of nitrogens with one attached hydrogen (secondary N) is 2. The highest BCUT2D eigenvalue weighted by molar-refractivity contribution is 5.71. The first kappa shape index (κ1) is 18.4. The van der Waals surface area contributed by atoms with E-state index in [-0.39, 0.29) is 24.2 Å². The molecule has 1 heterocycles. The molecule has 0 bridgehead atoms. The SMILES string of the molecule is COc1ccc([N+](=O)[O-])c(Nc2cnc3c(c2)CC(O)C(NC(=O)O)C3)c1. The molecule has 2 unspecified atom stereocenters. The lowest BCUT2D eigenvalue weighted by molar-refractivity contribution is -0.383. The van der Waals surface area contributed by atoms with Gasteiger partial charge in [-0.25, -0.2) is 4.79 Å². The van der Waals surface area contributed by atoms with E-state index in [0.717, 1.165) is 5.56 Å². The normalized spacial score (nSPS) is 18.3. The number of ether oxygens (including phenoxy) is 1. The highest BCUT2D eigenvalue weighted by Gasteiger charge is 2.29. The van der Waals surface area contributed by atoms with Gasteiger partial charge >= 0.3 is 6.09 Å². The first-order valence-electron chi connectivity index (χ1n) is 8.12. The average molecular weight is 374 g/mol. The summed E-state index contributed by atoms with van der Waals surface area (Å²) in [4.78, 5) is 25.9. The minimum atomic E-state index is -1.20. The predicted molar refractivity (Wildman–Crippen MR) is 95.5 cm³/mol. The number of anilines is 2. The van der Waals surface area contributed by atoms with Gasteiger partial charge in [-0.05, 0) is 17.7 Å². The summed E-state index contributed by atoms with van der Waals surface area (Å²) in [5.74, 6) is 0.465. The number of pyridine rings is 1. The lowest BCUT2D eigenvalue weighted by Crippen LogP contribution is -2.47. The summed E-state index contributed by atoms with van der Waals surface area (Å²) in [5, 5.41) is 35.5. The van der Waals surface area contributed by atoms with Gasteiger partial charge in [0, 0.05) is 30.7 Å². The number of carbonyl (C=O) groups is 1. The molecule has 10 nitrogen and oxygen atoms in total. The van der Waals surface area contributed by atoms with Crippen LogP contribution in [0, 0.1) is 10.1 Å². The monoisotopic (exact) mass is 374 g/mol. The van der Waals surface area contributed by atoms with Crippen LogP contribution in [-0.2, 0) is 12.8 Å². The van der Waals surface area contributed by atoms with Gasteiger partial charge in [0.1, 0.15) is 11.4 Å². The van der Waals surface area contributed by atoms with Crippen molar-refractivity contribution in [2.45, 2.75) is 25.0 Å². The van der Waals surface area contributed by atoms with Crippen LogP contribution >= 0.6 is 0 Å². The molecular formula is C17H18N4O6. The second kappa shape index (κ2) is 7.46. The number of hydrogen-bond acceptors (Lipinski definition) is 7. The molecule has 3 rings (SSSR count). The molecule has 0 radical (unpaired) electrons. The molecule has 1 amide bonds.